The fourth-order valence-electron chi connectivity index (χ4n) is 22.7. The molecule has 0 spiro atoms. The Morgan fingerprint density at radius 1 is 0.366 bits per heavy atom. The predicted molar refractivity (Wildman–Crippen MR) is 580 cm³/mol. The van der Waals surface area contributed by atoms with Crippen LogP contribution in [-0.4, -0.2) is 334 Å². The van der Waals surface area contributed by atoms with Crippen LogP contribution in [0.5, 0.6) is 0 Å². The van der Waals surface area contributed by atoms with Gasteiger partial charge in [0, 0.05) is 352 Å². The molecule has 756 valence electrons. The van der Waals surface area contributed by atoms with E-state index in [1.165, 1.54) is 145 Å². The third-order valence-corrected chi connectivity index (χ3v) is 32.0. The number of nitriles is 1. The highest BCUT2D eigenvalue weighted by Gasteiger charge is 2.46. The summed E-state index contributed by atoms with van der Waals surface area (Å²) in [6.45, 7) is 55.3. The first-order chi connectivity index (χ1) is 69.1. The molecule has 9 aliphatic rings. The van der Waals surface area contributed by atoms with Crippen molar-refractivity contribution in [3.8, 4) is 51.1 Å². The summed E-state index contributed by atoms with van der Waals surface area (Å²) in [6, 6.07) is 70.9. The summed E-state index contributed by atoms with van der Waals surface area (Å²) >= 11 is 0. The number of ether oxygens (including phenoxy) is 1. The van der Waals surface area contributed by atoms with Crippen LogP contribution < -0.4 is 40.9 Å². The van der Waals surface area contributed by atoms with Crippen LogP contribution in [0.1, 0.15) is 112 Å². The van der Waals surface area contributed by atoms with E-state index in [4.69, 9.17) is 4.74 Å². The smallest absolute Gasteiger partial charge is 0.270 e. The first-order valence-corrected chi connectivity index (χ1v) is 53.3. The number of anilines is 4. The minimum Gasteiger partial charge on any atom is -0.377 e. The van der Waals surface area contributed by atoms with E-state index in [0.29, 0.717) is 53.9 Å². The van der Waals surface area contributed by atoms with E-state index in [1.54, 1.807) is 42.5 Å². The number of aromatic nitrogens is 4. The molecule has 8 aromatic carbocycles. The Morgan fingerprint density at radius 3 is 0.965 bits per heavy atom. The Balaban J connectivity index is 0.000000125. The number of nitro groups is 1. The molecule has 0 unspecified atom stereocenters. The number of fused-ring (bicyclic) bond motifs is 4. The van der Waals surface area contributed by atoms with E-state index in [1.807, 2.05) is 36.4 Å². The molecule has 0 radical (unpaired) electrons. The second kappa shape index (κ2) is 47.9. The maximum atomic E-state index is 13.6. The highest BCUT2D eigenvalue weighted by atomic mass is 19.1. The number of hydrogen-bond donors (Lipinski definition) is 8. The van der Waals surface area contributed by atoms with Crippen molar-refractivity contribution in [2.75, 3.05) is 236 Å². The van der Waals surface area contributed by atoms with Gasteiger partial charge in [0.15, 0.2) is 0 Å². The van der Waals surface area contributed by atoms with Crippen LogP contribution in [0.3, 0.4) is 0 Å². The van der Waals surface area contributed by atoms with Crippen molar-refractivity contribution in [1.82, 2.24) is 80.4 Å². The van der Waals surface area contributed by atoms with Gasteiger partial charge in [0.1, 0.15) is 11.6 Å². The number of nitrogens with zero attached hydrogens (tertiary/aromatic N) is 14. The molecule has 25 nitrogen and oxygen atoms in total. The van der Waals surface area contributed by atoms with Gasteiger partial charge in [-0.25, -0.2) is 8.78 Å². The molecule has 13 heterocycles. The molecule has 9 saturated heterocycles. The minimum absolute atomic E-state index is 0.118. The van der Waals surface area contributed by atoms with E-state index >= 15 is 0 Å². The number of piperidine rings is 4. The standard InChI is InChI=1S/C30H40FN5O.C29H38N6.C28H38FN5.C28H38N6O2/c1-22(2)34-12-14-36(15-13-34)30(20-37-21-30)19-32-26-8-10-35(11-9-26)27-5-3-4-23(17-27)29-18-24-16-25(31)6-7-28(24)33-29;1-22(2)34-16-14-33(15-17-34)13-10-31-26-8-11-35(12-9-26)27-5-3-4-24(19-27)29-20-25-18-23(21-30)6-7-28(25)32-29;1-21(2)33-16-14-32(15-17-33)13-10-30-25-8-11-34(12-9-25)26-5-3-4-22(19-26)28-20-23-18-24(29)6-7-27(23)31-28;1-21(2)32-16-14-31(15-17-32)13-10-29-24-8-11-33(12-9-24)25-5-3-4-22(18-25)28-20-23-19-26(34(35)36)6-7-27(23)30-28/h3-7,16-18,22,26,32-33H,8-15,19-21H2,1-2H3;3-7,18-20,22,26,31-32H,8-17H2,1-2H3;3-7,18-21,25,30-31H,8-17H2,1-2H3;3-7,18-21,24,29-30H,8-17H2,1-2H3. The molecule has 4 aromatic heterocycles. The Bertz CT molecular complexity index is 6090. The quantitative estimate of drug-likeness (QED) is 0.0161. The molecule has 27 heteroatoms. The molecule has 0 bridgehead atoms. The van der Waals surface area contributed by atoms with Crippen LogP contribution in [-0.2, 0) is 4.74 Å². The van der Waals surface area contributed by atoms with Crippen LogP contribution >= 0.6 is 0 Å². The van der Waals surface area contributed by atoms with E-state index in [0.717, 1.165) is 246 Å². The molecule has 12 aromatic rings. The van der Waals surface area contributed by atoms with Gasteiger partial charge in [-0.15, -0.1) is 0 Å². The van der Waals surface area contributed by atoms with Crippen molar-refractivity contribution in [2.45, 2.75) is 161 Å². The molecule has 0 amide bonds. The number of piperazine rings is 4. The molecule has 21 rings (SSSR count). The van der Waals surface area contributed by atoms with Gasteiger partial charge in [-0.2, -0.15) is 5.26 Å². The van der Waals surface area contributed by atoms with E-state index in [-0.39, 0.29) is 27.8 Å². The van der Waals surface area contributed by atoms with Crippen molar-refractivity contribution in [3.05, 3.63) is 221 Å². The molecular weight excluding hydrogens is 1780 g/mol. The van der Waals surface area contributed by atoms with Gasteiger partial charge in [0.2, 0.25) is 0 Å². The number of rotatable bonds is 29. The van der Waals surface area contributed by atoms with E-state index < -0.39 is 0 Å². The summed E-state index contributed by atoms with van der Waals surface area (Å²) in [7, 11) is 0. The van der Waals surface area contributed by atoms with Gasteiger partial charge in [0.05, 0.1) is 35.3 Å². The summed E-state index contributed by atoms with van der Waals surface area (Å²) in [6.07, 6.45) is 9.34. The molecule has 0 aliphatic carbocycles. The monoisotopic (exact) mass is 1930 g/mol. The highest BCUT2D eigenvalue weighted by molar-refractivity contribution is 5.91. The molecule has 0 saturated carbocycles. The molecule has 9 fully saturated rings. The summed E-state index contributed by atoms with van der Waals surface area (Å²) in [5.74, 6) is -0.398. The van der Waals surface area contributed by atoms with Gasteiger partial charge in [-0.05, 0) is 262 Å². The van der Waals surface area contributed by atoms with E-state index in [9.17, 15) is 24.2 Å². The van der Waals surface area contributed by atoms with Gasteiger partial charge in [-0.3, -0.25) is 49.3 Å². The zero-order valence-corrected chi connectivity index (χ0v) is 85.3. The van der Waals surface area contributed by atoms with Crippen molar-refractivity contribution in [2.24, 2.45) is 0 Å². The van der Waals surface area contributed by atoms with Crippen molar-refractivity contribution in [3.63, 3.8) is 0 Å². The fraction of sp³-hybridized carbons (Fsp3) is 0.504. The van der Waals surface area contributed by atoms with Crippen molar-refractivity contribution in [1.29, 1.82) is 5.26 Å². The molecule has 8 N–H and O–H groups in total. The lowest BCUT2D eigenvalue weighted by Gasteiger charge is -2.53. The Hall–Kier alpha value is -10.7. The average molecular weight is 1930 g/mol. The third-order valence-electron chi connectivity index (χ3n) is 32.0. The average Bonchev–Trinajstić information content (AvgIpc) is 1.23. The second-order valence-corrected chi connectivity index (χ2v) is 42.4. The predicted octanol–water partition coefficient (Wildman–Crippen LogP) is 17.5. The normalized spacial score (nSPS) is 19.3. The van der Waals surface area contributed by atoms with Gasteiger partial charge in [-0.1, -0.05) is 48.5 Å². The van der Waals surface area contributed by atoms with Gasteiger partial charge >= 0.3 is 0 Å². The van der Waals surface area contributed by atoms with Crippen LogP contribution in [0.2, 0.25) is 0 Å². The molecule has 0 atom stereocenters. The third kappa shape index (κ3) is 26.2. The Kier molecular flexibility index (Phi) is 34.2. The Morgan fingerprint density at radius 2 is 0.662 bits per heavy atom. The number of nitro benzene ring substituents is 1. The summed E-state index contributed by atoms with van der Waals surface area (Å²) in [5.41, 5.74) is 18.7. The van der Waals surface area contributed by atoms with E-state index in [2.05, 4.69) is 265 Å². The maximum absolute atomic E-state index is 13.6. The maximum Gasteiger partial charge on any atom is 0.270 e. The first kappa shape index (κ1) is 101. The zero-order chi connectivity index (χ0) is 98.2. The molecule has 9 aliphatic heterocycles. The lowest BCUT2D eigenvalue weighted by Crippen LogP contribution is -2.70. The summed E-state index contributed by atoms with van der Waals surface area (Å²) in [5, 5.41) is 39.4. The van der Waals surface area contributed by atoms with Crippen LogP contribution in [0.25, 0.3) is 88.6 Å². The lowest BCUT2D eigenvalue weighted by molar-refractivity contribution is -0.384. The number of hydrogen-bond acceptors (Lipinski definition) is 20. The summed E-state index contributed by atoms with van der Waals surface area (Å²) < 4.78 is 32.9. The molecular formula is C115H154F2N22O3. The second-order valence-electron chi connectivity index (χ2n) is 42.4. The minimum atomic E-state index is -0.348. The summed E-state index contributed by atoms with van der Waals surface area (Å²) in [4.78, 5) is 55.3. The number of halogens is 2. The fourth-order valence-corrected chi connectivity index (χ4v) is 22.7. The number of nitrogens with one attached hydrogen (secondary N) is 8. The number of aromatic amines is 4. The number of benzene rings is 8. The number of H-pyrrole nitrogens is 4. The molecule has 142 heavy (non-hydrogen) atoms. The first-order valence-electron chi connectivity index (χ1n) is 53.3. The van der Waals surface area contributed by atoms with Crippen LogP contribution in [0.4, 0.5) is 37.2 Å². The lowest BCUT2D eigenvalue weighted by atomic mass is 9.92. The zero-order valence-electron chi connectivity index (χ0n) is 85.3. The number of non-ortho nitro benzene ring substituents is 1. The SMILES string of the molecule is CC(C)N1CCN(C2(CNC3CCN(c4cccc(-c5cc6cc(F)ccc6[nH]5)c4)CC3)COC2)CC1.CC(C)N1CCN(CCNC2CCN(c3cccc(-c4cc5cc(C#N)ccc5[nH]4)c3)CC2)CC1.CC(C)N1CCN(CCNC2CCN(c3cccc(-c4cc5cc(F)ccc5[nH]4)c3)CC2)CC1.CC(C)N1CCN(CCNC2CCN(c3cccc(-c4cc5cc([N+](=O)[O-])ccc5[nH]4)c3)CC2)CC1. The largest absolute Gasteiger partial charge is 0.377 e. The van der Waals surface area contributed by atoms with Crippen LogP contribution in [0.15, 0.2) is 194 Å². The van der Waals surface area contributed by atoms with Crippen LogP contribution in [0, 0.1) is 33.1 Å². The van der Waals surface area contributed by atoms with Crippen molar-refractivity contribution < 1.29 is 18.4 Å². The van der Waals surface area contributed by atoms with Crippen molar-refractivity contribution >= 4 is 72.0 Å². The highest BCUT2D eigenvalue weighted by Crippen LogP contribution is 2.37. The van der Waals surface area contributed by atoms with Gasteiger partial charge in [0.25, 0.3) is 5.69 Å². The topological polar surface area (TPSA) is 226 Å². The Labute approximate surface area is 840 Å². The van der Waals surface area contributed by atoms with Gasteiger partial charge < -0.3 is 65.5 Å².